The maximum atomic E-state index is 12.6. The normalized spacial score (nSPS) is 14.2. The smallest absolute Gasteiger partial charge is 0.263 e. The molecular weight excluding hydrogens is 423 g/mol. The Balaban J connectivity index is 1.60. The van der Waals surface area contributed by atoms with Crippen LogP contribution in [0.3, 0.4) is 0 Å². The van der Waals surface area contributed by atoms with E-state index in [0.29, 0.717) is 42.0 Å². The number of H-pyrrole nitrogens is 1. The Hall–Kier alpha value is -1.12. The monoisotopic (exact) mass is 432 g/mol. The van der Waals surface area contributed by atoms with Crippen molar-refractivity contribution in [1.29, 1.82) is 0 Å². The highest BCUT2D eigenvalue weighted by Gasteiger charge is 2.27. The molecule has 0 aliphatic heterocycles. The van der Waals surface area contributed by atoms with Gasteiger partial charge < -0.3 is 5.32 Å². The molecule has 130 valence electrons. The topological polar surface area (TPSA) is 62.7 Å². The number of hydrogen-bond donors (Lipinski definition) is 2. The van der Waals surface area contributed by atoms with Crippen LogP contribution >= 0.6 is 58.4 Å². The van der Waals surface area contributed by atoms with Gasteiger partial charge in [0.05, 0.1) is 16.6 Å². The van der Waals surface area contributed by atoms with E-state index in [1.165, 1.54) is 11.3 Å². The summed E-state index contributed by atoms with van der Waals surface area (Å²) in [5.74, 6) is 0.425. The molecular formula is C15H11Cl3N4OS2. The van der Waals surface area contributed by atoms with Gasteiger partial charge in [-0.05, 0) is 37.2 Å². The number of aromatic amines is 1. The maximum Gasteiger partial charge on any atom is 0.263 e. The number of nitrogens with one attached hydrogen (secondary N) is 2. The zero-order valence-corrected chi connectivity index (χ0v) is 16.5. The van der Waals surface area contributed by atoms with Gasteiger partial charge in [-0.15, -0.1) is 11.3 Å². The van der Waals surface area contributed by atoms with Crippen LogP contribution in [0.15, 0.2) is 12.1 Å². The van der Waals surface area contributed by atoms with Gasteiger partial charge in [-0.25, -0.2) is 0 Å². The van der Waals surface area contributed by atoms with Gasteiger partial charge in [0.1, 0.15) is 4.88 Å². The van der Waals surface area contributed by atoms with E-state index in [4.69, 9.17) is 47.0 Å². The molecule has 0 bridgehead atoms. The van der Waals surface area contributed by atoms with Crippen molar-refractivity contribution in [1.82, 2.24) is 20.1 Å². The van der Waals surface area contributed by atoms with Crippen molar-refractivity contribution in [2.45, 2.75) is 25.4 Å². The molecule has 1 aromatic carbocycles. The quantitative estimate of drug-likeness (QED) is 0.543. The number of nitrogens with zero attached hydrogens (tertiary/aromatic N) is 2. The molecule has 1 amide bonds. The van der Waals surface area contributed by atoms with Crippen LogP contribution in [-0.2, 0) is 6.54 Å². The summed E-state index contributed by atoms with van der Waals surface area (Å²) in [4.78, 5) is 13.0. The van der Waals surface area contributed by atoms with E-state index in [1.54, 1.807) is 12.1 Å². The Labute approximate surface area is 166 Å². The summed E-state index contributed by atoms with van der Waals surface area (Å²) in [5, 5.41) is 11.7. The fourth-order valence-corrected chi connectivity index (χ4v) is 5.26. The first-order valence-corrected chi connectivity index (χ1v) is 9.82. The molecule has 0 spiro atoms. The molecule has 0 unspecified atom stereocenters. The molecule has 1 fully saturated rings. The molecule has 0 radical (unpaired) electrons. The van der Waals surface area contributed by atoms with Crippen LogP contribution in [0, 0.1) is 4.77 Å². The third kappa shape index (κ3) is 3.19. The SMILES string of the molecule is O=C(NCc1n[nH]c(=S)n1C1CC1)c1sc2cc(Cl)cc(Cl)c2c1Cl. The summed E-state index contributed by atoms with van der Waals surface area (Å²) in [6.07, 6.45) is 2.16. The van der Waals surface area contributed by atoms with E-state index in [-0.39, 0.29) is 12.5 Å². The summed E-state index contributed by atoms with van der Waals surface area (Å²) in [6, 6.07) is 3.74. The zero-order chi connectivity index (χ0) is 17.7. The number of fused-ring (bicyclic) bond motifs is 1. The van der Waals surface area contributed by atoms with Gasteiger partial charge in [-0.1, -0.05) is 34.8 Å². The lowest BCUT2D eigenvalue weighted by Gasteiger charge is -2.06. The highest BCUT2D eigenvalue weighted by atomic mass is 35.5. The van der Waals surface area contributed by atoms with Crippen molar-refractivity contribution in [2.75, 3.05) is 0 Å². The molecule has 2 heterocycles. The minimum absolute atomic E-state index is 0.265. The number of thiophene rings is 1. The molecule has 10 heteroatoms. The first-order chi connectivity index (χ1) is 12.0. The number of amides is 1. The van der Waals surface area contributed by atoms with Crippen molar-refractivity contribution in [3.8, 4) is 0 Å². The van der Waals surface area contributed by atoms with Crippen LogP contribution in [0.4, 0.5) is 0 Å². The summed E-state index contributed by atoms with van der Waals surface area (Å²) in [6.45, 7) is 0.265. The molecule has 0 atom stereocenters. The highest BCUT2D eigenvalue weighted by Crippen LogP contribution is 2.41. The number of hydrogen-bond acceptors (Lipinski definition) is 4. The summed E-state index contributed by atoms with van der Waals surface area (Å²) in [5.41, 5.74) is 0. The second kappa shape index (κ2) is 6.55. The molecule has 5 nitrogen and oxygen atoms in total. The van der Waals surface area contributed by atoms with Crippen molar-refractivity contribution < 1.29 is 4.79 Å². The first-order valence-electron chi connectivity index (χ1n) is 7.46. The Bertz CT molecular complexity index is 1050. The maximum absolute atomic E-state index is 12.6. The molecule has 25 heavy (non-hydrogen) atoms. The zero-order valence-electron chi connectivity index (χ0n) is 12.6. The van der Waals surface area contributed by atoms with E-state index in [1.807, 2.05) is 4.57 Å². The van der Waals surface area contributed by atoms with Gasteiger partial charge >= 0.3 is 0 Å². The van der Waals surface area contributed by atoms with E-state index in [2.05, 4.69) is 15.5 Å². The van der Waals surface area contributed by atoms with Gasteiger partial charge in [0, 0.05) is 21.2 Å². The Morgan fingerprint density at radius 1 is 1.40 bits per heavy atom. The van der Waals surface area contributed by atoms with Crippen LogP contribution in [0.1, 0.15) is 34.4 Å². The molecule has 2 aromatic heterocycles. The molecule has 1 saturated carbocycles. The fourth-order valence-electron chi connectivity index (χ4n) is 2.67. The summed E-state index contributed by atoms with van der Waals surface area (Å²) in [7, 11) is 0. The second-order valence-electron chi connectivity index (χ2n) is 5.73. The number of rotatable bonds is 4. The molecule has 4 rings (SSSR count). The van der Waals surface area contributed by atoms with Crippen LogP contribution < -0.4 is 5.32 Å². The predicted octanol–water partition coefficient (Wildman–Crippen LogP) is 5.38. The van der Waals surface area contributed by atoms with Gasteiger partial charge in [0.15, 0.2) is 10.6 Å². The average molecular weight is 434 g/mol. The second-order valence-corrected chi connectivity index (χ2v) is 8.40. The van der Waals surface area contributed by atoms with Gasteiger partial charge in [0.2, 0.25) is 0 Å². The van der Waals surface area contributed by atoms with E-state index in [0.717, 1.165) is 17.5 Å². The highest BCUT2D eigenvalue weighted by molar-refractivity contribution is 7.71. The summed E-state index contributed by atoms with van der Waals surface area (Å²) >= 11 is 25.1. The molecule has 2 N–H and O–H groups in total. The fraction of sp³-hybridized carbons (Fsp3) is 0.267. The van der Waals surface area contributed by atoms with Crippen molar-refractivity contribution in [3.63, 3.8) is 0 Å². The van der Waals surface area contributed by atoms with Crippen LogP contribution in [0.2, 0.25) is 15.1 Å². The number of aromatic nitrogens is 3. The number of benzene rings is 1. The lowest BCUT2D eigenvalue weighted by atomic mass is 10.2. The molecule has 1 aliphatic carbocycles. The predicted molar refractivity (Wildman–Crippen MR) is 104 cm³/mol. The third-order valence-corrected chi connectivity index (χ3v) is 6.38. The largest absolute Gasteiger partial charge is 0.344 e. The van der Waals surface area contributed by atoms with Crippen LogP contribution in [-0.4, -0.2) is 20.7 Å². The third-order valence-electron chi connectivity index (χ3n) is 3.95. The minimum atomic E-state index is -0.283. The van der Waals surface area contributed by atoms with Crippen molar-refractivity contribution in [2.24, 2.45) is 0 Å². The van der Waals surface area contributed by atoms with E-state index in [9.17, 15) is 4.79 Å². The van der Waals surface area contributed by atoms with Gasteiger partial charge in [-0.2, -0.15) is 5.10 Å². The summed E-state index contributed by atoms with van der Waals surface area (Å²) < 4.78 is 3.31. The van der Waals surface area contributed by atoms with Gasteiger partial charge in [0.25, 0.3) is 5.91 Å². The molecule has 0 saturated heterocycles. The Kier molecular flexibility index (Phi) is 4.54. The average Bonchev–Trinajstić information content (AvgIpc) is 3.24. The lowest BCUT2D eigenvalue weighted by molar-refractivity contribution is 0.0953. The minimum Gasteiger partial charge on any atom is -0.344 e. The Morgan fingerprint density at radius 2 is 2.16 bits per heavy atom. The van der Waals surface area contributed by atoms with Crippen molar-refractivity contribution >= 4 is 74.4 Å². The van der Waals surface area contributed by atoms with E-state index < -0.39 is 0 Å². The Morgan fingerprint density at radius 3 is 2.88 bits per heavy atom. The molecule has 3 aromatic rings. The van der Waals surface area contributed by atoms with Crippen LogP contribution in [0.25, 0.3) is 10.1 Å². The number of halogens is 3. The lowest BCUT2D eigenvalue weighted by Crippen LogP contribution is -2.24. The van der Waals surface area contributed by atoms with E-state index >= 15 is 0 Å². The van der Waals surface area contributed by atoms with Crippen molar-refractivity contribution in [3.05, 3.63) is 42.7 Å². The first kappa shape index (κ1) is 17.3. The molecule has 1 aliphatic rings. The number of carbonyl (C=O) groups excluding carboxylic acids is 1. The van der Waals surface area contributed by atoms with Gasteiger partial charge in [-0.3, -0.25) is 14.5 Å². The number of carbonyl (C=O) groups is 1. The van der Waals surface area contributed by atoms with Crippen LogP contribution in [0.5, 0.6) is 0 Å². The standard InChI is InChI=1S/C15H11Cl3N4OS2/c16-6-3-8(17)11-9(4-6)25-13(12(11)18)14(23)19-5-10-20-21-15(24)22(10)7-1-2-7/h3-4,7H,1-2,5H2,(H,19,23)(H,21,24).